The van der Waals surface area contributed by atoms with E-state index in [0.29, 0.717) is 5.41 Å². The first kappa shape index (κ1) is 12.0. The van der Waals surface area contributed by atoms with Crippen LogP contribution in [-0.4, -0.2) is 37.6 Å². The van der Waals surface area contributed by atoms with E-state index in [0.717, 1.165) is 19.0 Å². The lowest BCUT2D eigenvalue weighted by atomic mass is 9.93. The quantitative estimate of drug-likeness (QED) is 0.726. The van der Waals surface area contributed by atoms with Crippen LogP contribution in [0.5, 0.6) is 0 Å². The lowest BCUT2D eigenvalue weighted by Crippen LogP contribution is -2.32. The van der Waals surface area contributed by atoms with E-state index in [2.05, 4.69) is 37.9 Å². The standard InChI is InChI=1S/C12H26N2/c1-5-13-8-11(2)9-14-7-6-12(3,4)10-14/h11,13H,5-10H2,1-4H3. The maximum absolute atomic E-state index is 3.42. The van der Waals surface area contributed by atoms with Gasteiger partial charge in [0.25, 0.3) is 0 Å². The molecule has 0 aromatic rings. The summed E-state index contributed by atoms with van der Waals surface area (Å²) in [6.45, 7) is 15.4. The van der Waals surface area contributed by atoms with E-state index in [-0.39, 0.29) is 0 Å². The third kappa shape index (κ3) is 3.97. The highest BCUT2D eigenvalue weighted by molar-refractivity contribution is 4.83. The molecule has 1 heterocycles. The van der Waals surface area contributed by atoms with Crippen molar-refractivity contribution in [2.75, 3.05) is 32.7 Å². The second-order valence-corrected chi connectivity index (χ2v) is 5.56. The van der Waals surface area contributed by atoms with Crippen LogP contribution in [-0.2, 0) is 0 Å². The molecule has 0 aliphatic carbocycles. The molecule has 0 aromatic heterocycles. The Kier molecular flexibility index (Phi) is 4.39. The van der Waals surface area contributed by atoms with Gasteiger partial charge in [-0.15, -0.1) is 0 Å². The lowest BCUT2D eigenvalue weighted by molar-refractivity contribution is 0.253. The molecule has 2 nitrogen and oxygen atoms in total. The van der Waals surface area contributed by atoms with Gasteiger partial charge in [0, 0.05) is 13.1 Å². The fourth-order valence-electron chi connectivity index (χ4n) is 2.28. The zero-order valence-electron chi connectivity index (χ0n) is 10.3. The minimum atomic E-state index is 0.553. The summed E-state index contributed by atoms with van der Waals surface area (Å²) in [5.74, 6) is 0.781. The van der Waals surface area contributed by atoms with Gasteiger partial charge in [-0.3, -0.25) is 0 Å². The topological polar surface area (TPSA) is 15.3 Å². The maximum atomic E-state index is 3.42. The van der Waals surface area contributed by atoms with Gasteiger partial charge in [-0.2, -0.15) is 0 Å². The van der Waals surface area contributed by atoms with E-state index in [9.17, 15) is 0 Å². The van der Waals surface area contributed by atoms with Crippen molar-refractivity contribution in [3.8, 4) is 0 Å². The van der Waals surface area contributed by atoms with Crippen LogP contribution in [0, 0.1) is 11.3 Å². The summed E-state index contributed by atoms with van der Waals surface area (Å²) >= 11 is 0. The van der Waals surface area contributed by atoms with Gasteiger partial charge in [-0.1, -0.05) is 27.7 Å². The highest BCUT2D eigenvalue weighted by atomic mass is 15.2. The van der Waals surface area contributed by atoms with Crippen LogP contribution in [0.25, 0.3) is 0 Å². The Bertz CT molecular complexity index is 166. The molecule has 1 fully saturated rings. The third-order valence-electron chi connectivity index (χ3n) is 3.07. The number of nitrogens with zero attached hydrogens (tertiary/aromatic N) is 1. The highest BCUT2D eigenvalue weighted by Gasteiger charge is 2.29. The highest BCUT2D eigenvalue weighted by Crippen LogP contribution is 2.28. The molecule has 1 aliphatic rings. The molecular formula is C12H26N2. The molecule has 14 heavy (non-hydrogen) atoms. The van der Waals surface area contributed by atoms with Crippen LogP contribution in [0.2, 0.25) is 0 Å². The average Bonchev–Trinajstić information content (AvgIpc) is 2.42. The van der Waals surface area contributed by atoms with Gasteiger partial charge < -0.3 is 10.2 Å². The van der Waals surface area contributed by atoms with Gasteiger partial charge in [0.05, 0.1) is 0 Å². The molecule has 2 heteroatoms. The minimum Gasteiger partial charge on any atom is -0.317 e. The average molecular weight is 198 g/mol. The molecule has 1 unspecified atom stereocenters. The van der Waals surface area contributed by atoms with Gasteiger partial charge in [-0.05, 0) is 37.4 Å². The summed E-state index contributed by atoms with van der Waals surface area (Å²) in [7, 11) is 0. The van der Waals surface area contributed by atoms with Crippen LogP contribution in [0.15, 0.2) is 0 Å². The molecule has 0 spiro atoms. The smallest absolute Gasteiger partial charge is 0.00333 e. The fraction of sp³-hybridized carbons (Fsp3) is 1.00. The minimum absolute atomic E-state index is 0.553. The summed E-state index contributed by atoms with van der Waals surface area (Å²) in [6, 6.07) is 0. The number of rotatable bonds is 5. The van der Waals surface area contributed by atoms with Crippen LogP contribution in [0.3, 0.4) is 0 Å². The molecule has 1 saturated heterocycles. The van der Waals surface area contributed by atoms with Crippen LogP contribution in [0.4, 0.5) is 0 Å². The molecular weight excluding hydrogens is 172 g/mol. The van der Waals surface area contributed by atoms with Crippen LogP contribution >= 0.6 is 0 Å². The number of hydrogen-bond donors (Lipinski definition) is 1. The van der Waals surface area contributed by atoms with Crippen molar-refractivity contribution in [2.45, 2.75) is 34.1 Å². The fourth-order valence-corrected chi connectivity index (χ4v) is 2.28. The largest absolute Gasteiger partial charge is 0.317 e. The van der Waals surface area contributed by atoms with Crippen LogP contribution < -0.4 is 5.32 Å². The van der Waals surface area contributed by atoms with Gasteiger partial charge in [0.1, 0.15) is 0 Å². The molecule has 1 rings (SSSR count). The van der Waals surface area contributed by atoms with E-state index in [1.807, 2.05) is 0 Å². The normalized spacial score (nSPS) is 24.0. The summed E-state index contributed by atoms with van der Waals surface area (Å²) in [5, 5.41) is 3.42. The second kappa shape index (κ2) is 5.13. The molecule has 1 atom stereocenters. The van der Waals surface area contributed by atoms with E-state index in [1.165, 1.54) is 26.1 Å². The van der Waals surface area contributed by atoms with Crippen molar-refractivity contribution in [2.24, 2.45) is 11.3 Å². The Morgan fingerprint density at radius 1 is 1.43 bits per heavy atom. The zero-order valence-corrected chi connectivity index (χ0v) is 10.3. The first-order valence-corrected chi connectivity index (χ1v) is 5.96. The first-order valence-electron chi connectivity index (χ1n) is 5.96. The van der Waals surface area contributed by atoms with Crippen molar-refractivity contribution in [3.63, 3.8) is 0 Å². The lowest BCUT2D eigenvalue weighted by Gasteiger charge is -2.23. The van der Waals surface area contributed by atoms with Crippen molar-refractivity contribution >= 4 is 0 Å². The molecule has 0 amide bonds. The van der Waals surface area contributed by atoms with Crippen molar-refractivity contribution in [1.29, 1.82) is 0 Å². The number of hydrogen-bond acceptors (Lipinski definition) is 2. The van der Waals surface area contributed by atoms with E-state index in [1.54, 1.807) is 0 Å². The van der Waals surface area contributed by atoms with Crippen molar-refractivity contribution in [3.05, 3.63) is 0 Å². The first-order chi connectivity index (χ1) is 6.53. The maximum Gasteiger partial charge on any atom is 0.00333 e. The Labute approximate surface area is 89.1 Å². The number of nitrogens with one attached hydrogen (secondary N) is 1. The molecule has 84 valence electrons. The Morgan fingerprint density at radius 2 is 2.14 bits per heavy atom. The summed E-state index contributed by atoms with van der Waals surface area (Å²) in [4.78, 5) is 2.61. The van der Waals surface area contributed by atoms with E-state index in [4.69, 9.17) is 0 Å². The summed E-state index contributed by atoms with van der Waals surface area (Å²) < 4.78 is 0. The SMILES string of the molecule is CCNCC(C)CN1CCC(C)(C)C1. The molecule has 0 aromatic carbocycles. The predicted octanol–water partition coefficient (Wildman–Crippen LogP) is 1.96. The van der Waals surface area contributed by atoms with Gasteiger partial charge in [-0.25, -0.2) is 0 Å². The van der Waals surface area contributed by atoms with Gasteiger partial charge >= 0.3 is 0 Å². The third-order valence-corrected chi connectivity index (χ3v) is 3.07. The Hall–Kier alpha value is -0.0800. The van der Waals surface area contributed by atoms with Gasteiger partial charge in [0.2, 0.25) is 0 Å². The number of likely N-dealkylation sites (tertiary alicyclic amines) is 1. The second-order valence-electron chi connectivity index (χ2n) is 5.56. The monoisotopic (exact) mass is 198 g/mol. The van der Waals surface area contributed by atoms with E-state index >= 15 is 0 Å². The molecule has 1 N–H and O–H groups in total. The Morgan fingerprint density at radius 3 is 2.64 bits per heavy atom. The van der Waals surface area contributed by atoms with Crippen LogP contribution in [0.1, 0.15) is 34.1 Å². The van der Waals surface area contributed by atoms with Gasteiger partial charge in [0.15, 0.2) is 0 Å². The van der Waals surface area contributed by atoms with Crippen molar-refractivity contribution in [1.82, 2.24) is 10.2 Å². The molecule has 1 aliphatic heterocycles. The summed E-state index contributed by atoms with van der Waals surface area (Å²) in [5.41, 5.74) is 0.553. The zero-order chi connectivity index (χ0) is 10.6. The van der Waals surface area contributed by atoms with Crippen molar-refractivity contribution < 1.29 is 0 Å². The van der Waals surface area contributed by atoms with E-state index < -0.39 is 0 Å². The molecule has 0 saturated carbocycles. The Balaban J connectivity index is 2.18. The summed E-state index contributed by atoms with van der Waals surface area (Å²) in [6.07, 6.45) is 1.36. The molecule has 0 radical (unpaired) electrons. The predicted molar refractivity (Wildman–Crippen MR) is 62.5 cm³/mol. The molecule has 0 bridgehead atoms.